The Hall–Kier alpha value is -1.57. The highest BCUT2D eigenvalue weighted by Crippen LogP contribution is 2.37. The summed E-state index contributed by atoms with van der Waals surface area (Å²) < 4.78 is 0. The molecule has 0 spiro atoms. The number of hydrogen-bond acceptors (Lipinski definition) is 2. The molecule has 1 aliphatic rings. The summed E-state index contributed by atoms with van der Waals surface area (Å²) in [7, 11) is 0. The van der Waals surface area contributed by atoms with Crippen molar-refractivity contribution in [1.82, 2.24) is 0 Å². The molecule has 1 aliphatic heterocycles. The van der Waals surface area contributed by atoms with E-state index in [-0.39, 0.29) is 0 Å². The van der Waals surface area contributed by atoms with E-state index in [2.05, 4.69) is 44.2 Å². The van der Waals surface area contributed by atoms with E-state index in [0.29, 0.717) is 11.8 Å². The van der Waals surface area contributed by atoms with Gasteiger partial charge in [-0.3, -0.25) is 0 Å². The standard InChI is InChI=1S/C49H87N2/c1-3-5-7-9-11-13-15-17-19-21-22-24-26-28-30-32-37-41-47(45-46-39-35-34-36-40-46)48(49-50-43-44-51-49)42-38-33-31-29-27-25-23-20-18-16-14-12-10-8-6-4-2/h34-36,39-40,43-44,47-48H,3-33,37-38,41-42,45H2,1-2H3/q+1. The fourth-order valence-electron chi connectivity index (χ4n) is 8.43. The van der Waals surface area contributed by atoms with E-state index in [1.165, 1.54) is 230 Å². The van der Waals surface area contributed by atoms with E-state index in [0.717, 1.165) is 12.6 Å². The largest absolute Gasteiger partial charge is 0.244 e. The Morgan fingerprint density at radius 1 is 0.392 bits per heavy atom. The molecular formula is C49H87N2+. The molecule has 0 radical (unpaired) electrons. The lowest BCUT2D eigenvalue weighted by molar-refractivity contribution is 0.284. The van der Waals surface area contributed by atoms with Crippen LogP contribution in [0.15, 0.2) is 40.3 Å². The molecule has 2 heteroatoms. The third kappa shape index (κ3) is 26.8. The number of rotatable bonds is 39. The van der Waals surface area contributed by atoms with Crippen molar-refractivity contribution in [1.29, 1.82) is 0 Å². The van der Waals surface area contributed by atoms with Gasteiger partial charge in [0.15, 0.2) is 12.4 Å². The second-order valence-corrected chi connectivity index (χ2v) is 16.5. The Morgan fingerprint density at radius 2 is 0.706 bits per heavy atom. The molecule has 2 nitrogen and oxygen atoms in total. The lowest BCUT2D eigenvalue weighted by Gasteiger charge is -2.26. The van der Waals surface area contributed by atoms with Crippen LogP contribution >= 0.6 is 0 Å². The highest BCUT2D eigenvalue weighted by Gasteiger charge is 2.35. The predicted octanol–water partition coefficient (Wildman–Crippen LogP) is 16.8. The van der Waals surface area contributed by atoms with E-state index in [9.17, 15) is 0 Å². The molecule has 1 heterocycles. The van der Waals surface area contributed by atoms with Crippen LogP contribution < -0.4 is 0 Å². The van der Waals surface area contributed by atoms with Gasteiger partial charge in [0.25, 0.3) is 0 Å². The Bertz CT molecular complexity index is 879. The number of nitrogens with zero attached hydrogens (tertiary/aromatic N) is 2. The molecule has 2 unspecified atom stereocenters. The maximum absolute atomic E-state index is 4.79. The van der Waals surface area contributed by atoms with Crippen LogP contribution in [-0.4, -0.2) is 12.4 Å². The molecule has 1 aromatic carbocycles. The van der Waals surface area contributed by atoms with Crippen molar-refractivity contribution in [3.8, 4) is 0 Å². The first-order chi connectivity index (χ1) is 25.3. The molecule has 0 fully saturated rings. The second kappa shape index (κ2) is 35.5. The van der Waals surface area contributed by atoms with Crippen LogP contribution in [0, 0.1) is 18.0 Å². The molecule has 0 amide bonds. The summed E-state index contributed by atoms with van der Waals surface area (Å²) in [5, 5.41) is 0. The second-order valence-electron chi connectivity index (χ2n) is 16.5. The SMILES string of the molecule is CCCCCCCCCCCCCCCCCCCC(Cc1ccccc1)C(CCCCCCCCCCCCCCCCCC)[C+]1N=CC=N1. The Kier molecular flexibility index (Phi) is 31.7. The molecule has 292 valence electrons. The van der Waals surface area contributed by atoms with Crippen LogP contribution in [0.3, 0.4) is 0 Å². The molecule has 0 N–H and O–H groups in total. The van der Waals surface area contributed by atoms with Crippen LogP contribution in [0.25, 0.3) is 0 Å². The van der Waals surface area contributed by atoms with Crippen LogP contribution in [0.4, 0.5) is 0 Å². The van der Waals surface area contributed by atoms with E-state index in [1.54, 1.807) is 0 Å². The molecular weight excluding hydrogens is 617 g/mol. The summed E-state index contributed by atoms with van der Waals surface area (Å²) in [6, 6.07) is 11.2. The van der Waals surface area contributed by atoms with Crippen LogP contribution in [-0.2, 0) is 6.42 Å². The summed E-state index contributed by atoms with van der Waals surface area (Å²) in [4.78, 5) is 9.57. The van der Waals surface area contributed by atoms with Gasteiger partial charge in [0.05, 0.1) is 5.92 Å². The lowest BCUT2D eigenvalue weighted by atomic mass is 9.78. The lowest BCUT2D eigenvalue weighted by Crippen LogP contribution is -2.22. The first-order valence-corrected chi connectivity index (χ1v) is 23.3. The summed E-state index contributed by atoms with van der Waals surface area (Å²) in [5.41, 5.74) is 1.48. The monoisotopic (exact) mass is 704 g/mol. The maximum Gasteiger partial charge on any atom is 0.244 e. The van der Waals surface area contributed by atoms with E-state index in [4.69, 9.17) is 9.98 Å². The topological polar surface area (TPSA) is 24.7 Å². The maximum atomic E-state index is 4.79. The summed E-state index contributed by atoms with van der Waals surface area (Å²) in [6.07, 6.45) is 55.9. The summed E-state index contributed by atoms with van der Waals surface area (Å²) in [6.45, 7) is 4.62. The van der Waals surface area contributed by atoms with Crippen molar-refractivity contribution < 1.29 is 0 Å². The average molecular weight is 704 g/mol. The number of benzene rings is 1. The van der Waals surface area contributed by atoms with Gasteiger partial charge in [0.2, 0.25) is 6.17 Å². The fourth-order valence-corrected chi connectivity index (χ4v) is 8.43. The highest BCUT2D eigenvalue weighted by atomic mass is 15.0. The molecule has 0 saturated carbocycles. The van der Waals surface area contributed by atoms with Gasteiger partial charge in [-0.15, -0.1) is 0 Å². The van der Waals surface area contributed by atoms with Gasteiger partial charge in [-0.25, -0.2) is 0 Å². The molecule has 51 heavy (non-hydrogen) atoms. The third-order valence-electron chi connectivity index (χ3n) is 11.8. The molecule has 0 saturated heterocycles. The molecule has 1 aromatic rings. The highest BCUT2D eigenvalue weighted by molar-refractivity contribution is 6.18. The quantitative estimate of drug-likeness (QED) is 0.0482. The van der Waals surface area contributed by atoms with E-state index in [1.807, 2.05) is 12.4 Å². The minimum absolute atomic E-state index is 0.493. The number of hydrogen-bond donors (Lipinski definition) is 0. The average Bonchev–Trinajstić information content (AvgIpc) is 3.69. The first kappa shape index (κ1) is 45.6. The van der Waals surface area contributed by atoms with Crippen molar-refractivity contribution in [3.05, 3.63) is 42.1 Å². The first-order valence-electron chi connectivity index (χ1n) is 23.3. The van der Waals surface area contributed by atoms with Gasteiger partial charge in [-0.2, -0.15) is 0 Å². The van der Waals surface area contributed by atoms with E-state index < -0.39 is 0 Å². The zero-order valence-electron chi connectivity index (χ0n) is 34.5. The minimum atomic E-state index is 0.493. The van der Waals surface area contributed by atoms with Crippen molar-refractivity contribution in [2.24, 2.45) is 21.8 Å². The molecule has 0 aliphatic carbocycles. The van der Waals surface area contributed by atoms with Gasteiger partial charge in [-0.05, 0) is 30.7 Å². The number of aliphatic imine (C=N–C) groups is 2. The van der Waals surface area contributed by atoms with Crippen LogP contribution in [0.1, 0.15) is 244 Å². The number of unbranched alkanes of at least 4 members (excludes halogenated alkanes) is 31. The fraction of sp³-hybridized carbons (Fsp3) is 0.816. The molecule has 2 rings (SSSR count). The Balaban J connectivity index is 1.58. The summed E-state index contributed by atoms with van der Waals surface area (Å²) in [5.74, 6) is 1.13. The van der Waals surface area contributed by atoms with Gasteiger partial charge in [0, 0.05) is 0 Å². The Labute approximate surface area is 320 Å². The minimum Gasteiger partial charge on any atom is -0.0965 e. The normalized spacial score (nSPS) is 13.8. The van der Waals surface area contributed by atoms with E-state index >= 15 is 0 Å². The third-order valence-corrected chi connectivity index (χ3v) is 11.8. The van der Waals surface area contributed by atoms with Crippen molar-refractivity contribution >= 4 is 12.4 Å². The predicted molar refractivity (Wildman–Crippen MR) is 230 cm³/mol. The molecule has 0 aromatic heterocycles. The zero-order valence-corrected chi connectivity index (χ0v) is 34.5. The zero-order chi connectivity index (χ0) is 36.1. The van der Waals surface area contributed by atoms with Gasteiger partial charge in [0.1, 0.15) is 0 Å². The smallest absolute Gasteiger partial charge is 0.0965 e. The molecule has 2 atom stereocenters. The van der Waals surface area contributed by atoms with Crippen molar-refractivity contribution in [3.63, 3.8) is 0 Å². The van der Waals surface area contributed by atoms with Crippen LogP contribution in [0.2, 0.25) is 0 Å². The Morgan fingerprint density at radius 3 is 1.06 bits per heavy atom. The van der Waals surface area contributed by atoms with Crippen LogP contribution in [0.5, 0.6) is 0 Å². The summed E-state index contributed by atoms with van der Waals surface area (Å²) >= 11 is 0. The van der Waals surface area contributed by atoms with Crippen molar-refractivity contribution in [2.75, 3.05) is 0 Å². The van der Waals surface area contributed by atoms with Gasteiger partial charge in [-0.1, -0.05) is 266 Å². The molecule has 0 bridgehead atoms. The van der Waals surface area contributed by atoms with Gasteiger partial charge < -0.3 is 0 Å². The van der Waals surface area contributed by atoms with Crippen molar-refractivity contribution in [2.45, 2.75) is 245 Å². The van der Waals surface area contributed by atoms with Gasteiger partial charge >= 0.3 is 0 Å².